The molecule has 0 atom stereocenters. The second-order valence-electron chi connectivity index (χ2n) is 7.27. The van der Waals surface area contributed by atoms with Crippen molar-refractivity contribution in [3.8, 4) is 11.5 Å². The van der Waals surface area contributed by atoms with Crippen LogP contribution in [-0.2, 0) is 16.2 Å². The lowest BCUT2D eigenvalue weighted by Gasteiger charge is -2.13. The summed E-state index contributed by atoms with van der Waals surface area (Å²) in [5.41, 5.74) is 4.02. The van der Waals surface area contributed by atoms with Crippen molar-refractivity contribution in [1.82, 2.24) is 5.43 Å². The van der Waals surface area contributed by atoms with E-state index in [0.717, 1.165) is 5.56 Å². The maximum absolute atomic E-state index is 13.6. The van der Waals surface area contributed by atoms with E-state index in [4.69, 9.17) is 21.1 Å². The molecule has 3 rings (SSSR count). The van der Waals surface area contributed by atoms with Crippen LogP contribution in [0.1, 0.15) is 24.0 Å². The van der Waals surface area contributed by atoms with E-state index >= 15 is 0 Å². The van der Waals surface area contributed by atoms with Crippen molar-refractivity contribution in [2.24, 2.45) is 5.10 Å². The van der Waals surface area contributed by atoms with Gasteiger partial charge in [0.1, 0.15) is 12.4 Å². The molecule has 3 aromatic carbocycles. The number of carbonyl (C=O) groups is 2. The van der Waals surface area contributed by atoms with Gasteiger partial charge in [-0.25, -0.2) is 9.82 Å². The number of rotatable bonds is 10. The van der Waals surface area contributed by atoms with Crippen molar-refractivity contribution in [2.75, 3.05) is 12.4 Å². The van der Waals surface area contributed by atoms with Crippen molar-refractivity contribution in [3.05, 3.63) is 87.1 Å². The SMILES string of the molecule is COc1cc(C=NNC(=O)CCC(=O)Nc2ccccc2F)cc(Br)c1OCc1ccc(Cl)cc1. The molecule has 2 amide bonds. The first-order valence-corrected chi connectivity index (χ1v) is 11.6. The zero-order chi connectivity index (χ0) is 25.2. The fraction of sp³-hybridized carbons (Fsp3) is 0.160. The fourth-order valence-electron chi connectivity index (χ4n) is 2.93. The Balaban J connectivity index is 1.52. The largest absolute Gasteiger partial charge is 0.493 e. The Morgan fingerprint density at radius 2 is 1.80 bits per heavy atom. The number of nitrogens with zero attached hydrogens (tertiary/aromatic N) is 1. The maximum Gasteiger partial charge on any atom is 0.240 e. The second kappa shape index (κ2) is 12.9. The van der Waals surface area contributed by atoms with E-state index in [-0.39, 0.29) is 18.5 Å². The van der Waals surface area contributed by atoms with E-state index in [0.29, 0.717) is 33.2 Å². The Morgan fingerprint density at radius 1 is 1.09 bits per heavy atom. The van der Waals surface area contributed by atoms with Gasteiger partial charge in [-0.1, -0.05) is 35.9 Å². The molecule has 0 spiro atoms. The van der Waals surface area contributed by atoms with Crippen LogP contribution in [0.3, 0.4) is 0 Å². The molecule has 0 unspecified atom stereocenters. The van der Waals surface area contributed by atoms with Crippen LogP contribution < -0.4 is 20.2 Å². The molecule has 7 nitrogen and oxygen atoms in total. The normalized spacial score (nSPS) is 10.7. The molecule has 0 aromatic heterocycles. The number of hydrazone groups is 1. The fourth-order valence-corrected chi connectivity index (χ4v) is 3.63. The van der Waals surface area contributed by atoms with Crippen LogP contribution in [0.5, 0.6) is 11.5 Å². The van der Waals surface area contributed by atoms with E-state index < -0.39 is 17.6 Å². The van der Waals surface area contributed by atoms with Gasteiger partial charge in [-0.05, 0) is 63.5 Å². The predicted octanol–water partition coefficient (Wildman–Crippen LogP) is 5.70. The van der Waals surface area contributed by atoms with Crippen LogP contribution in [-0.4, -0.2) is 25.1 Å². The Hall–Kier alpha value is -3.43. The number of para-hydroxylation sites is 1. The van der Waals surface area contributed by atoms with E-state index in [1.54, 1.807) is 30.3 Å². The Bertz CT molecular complexity index is 1220. The van der Waals surface area contributed by atoms with Gasteiger partial charge in [0, 0.05) is 17.9 Å². The number of anilines is 1. The molecule has 182 valence electrons. The number of nitrogens with one attached hydrogen (secondary N) is 2. The monoisotopic (exact) mass is 561 g/mol. The Labute approximate surface area is 215 Å². The number of amides is 2. The highest BCUT2D eigenvalue weighted by Crippen LogP contribution is 2.37. The summed E-state index contributed by atoms with van der Waals surface area (Å²) in [6.07, 6.45) is 1.21. The molecule has 10 heteroatoms. The molecule has 0 saturated carbocycles. The number of halogens is 3. The zero-order valence-corrected chi connectivity index (χ0v) is 21.0. The maximum atomic E-state index is 13.6. The average Bonchev–Trinajstić information content (AvgIpc) is 2.84. The number of hydrogen-bond acceptors (Lipinski definition) is 5. The first-order chi connectivity index (χ1) is 16.9. The van der Waals surface area contributed by atoms with Crippen LogP contribution in [0.4, 0.5) is 10.1 Å². The quantitative estimate of drug-likeness (QED) is 0.245. The summed E-state index contributed by atoms with van der Waals surface area (Å²) in [5, 5.41) is 6.99. The topological polar surface area (TPSA) is 89.0 Å². The van der Waals surface area contributed by atoms with Crippen LogP contribution >= 0.6 is 27.5 Å². The van der Waals surface area contributed by atoms with E-state index in [1.807, 2.05) is 12.1 Å². The lowest BCUT2D eigenvalue weighted by Crippen LogP contribution is -2.21. The van der Waals surface area contributed by atoms with Gasteiger partial charge in [0.15, 0.2) is 11.5 Å². The van der Waals surface area contributed by atoms with Gasteiger partial charge in [-0.3, -0.25) is 9.59 Å². The molecule has 2 N–H and O–H groups in total. The minimum absolute atomic E-state index is 0.0658. The van der Waals surface area contributed by atoms with Gasteiger partial charge >= 0.3 is 0 Å². The van der Waals surface area contributed by atoms with Crippen LogP contribution in [0, 0.1) is 5.82 Å². The minimum Gasteiger partial charge on any atom is -0.493 e. The minimum atomic E-state index is -0.544. The molecule has 0 fully saturated rings. The summed E-state index contributed by atoms with van der Waals surface area (Å²) in [4.78, 5) is 23.9. The van der Waals surface area contributed by atoms with Crippen molar-refractivity contribution >= 4 is 51.2 Å². The second-order valence-corrected chi connectivity index (χ2v) is 8.56. The van der Waals surface area contributed by atoms with E-state index in [9.17, 15) is 14.0 Å². The predicted molar refractivity (Wildman–Crippen MR) is 136 cm³/mol. The van der Waals surface area contributed by atoms with Gasteiger partial charge in [0.2, 0.25) is 11.8 Å². The first kappa shape index (κ1) is 26.2. The number of carbonyl (C=O) groups excluding carboxylic acids is 2. The summed E-state index contributed by atoms with van der Waals surface area (Å²) in [7, 11) is 1.52. The van der Waals surface area contributed by atoms with Crippen LogP contribution in [0.15, 0.2) is 70.2 Å². The molecule has 0 heterocycles. The third-order valence-corrected chi connectivity index (χ3v) is 5.52. The van der Waals surface area contributed by atoms with Crippen molar-refractivity contribution in [2.45, 2.75) is 19.4 Å². The summed E-state index contributed by atoms with van der Waals surface area (Å²) in [5.74, 6) is -0.482. The molecular weight excluding hydrogens is 541 g/mol. The standard InChI is InChI=1S/C25H22BrClFN3O4/c1-34-22-13-17(12-19(26)25(22)35-15-16-6-8-18(27)9-7-16)14-29-31-24(33)11-10-23(32)30-21-5-3-2-4-20(21)28/h2-9,12-14H,10-11,15H2,1H3,(H,30,32)(H,31,33). The lowest BCUT2D eigenvalue weighted by atomic mass is 10.2. The van der Waals surface area contributed by atoms with Crippen molar-refractivity contribution in [3.63, 3.8) is 0 Å². The van der Waals surface area contributed by atoms with Crippen LogP contribution in [0.2, 0.25) is 5.02 Å². The number of benzene rings is 3. The van der Waals surface area contributed by atoms with Gasteiger partial charge in [-0.15, -0.1) is 0 Å². The summed E-state index contributed by atoms with van der Waals surface area (Å²) >= 11 is 9.38. The highest BCUT2D eigenvalue weighted by atomic mass is 79.9. The third kappa shape index (κ3) is 8.08. The highest BCUT2D eigenvalue weighted by molar-refractivity contribution is 9.10. The van der Waals surface area contributed by atoms with E-state index in [1.165, 1.54) is 31.5 Å². The Kier molecular flexibility index (Phi) is 9.63. The molecule has 0 aliphatic carbocycles. The number of ether oxygens (including phenoxy) is 2. The number of methoxy groups -OCH3 is 1. The molecule has 3 aromatic rings. The smallest absolute Gasteiger partial charge is 0.240 e. The van der Waals surface area contributed by atoms with Crippen LogP contribution in [0.25, 0.3) is 0 Å². The van der Waals surface area contributed by atoms with Gasteiger partial charge < -0.3 is 14.8 Å². The lowest BCUT2D eigenvalue weighted by molar-refractivity contribution is -0.124. The molecule has 0 saturated heterocycles. The first-order valence-electron chi connectivity index (χ1n) is 10.5. The molecule has 35 heavy (non-hydrogen) atoms. The molecule has 0 radical (unpaired) electrons. The molecule has 0 bridgehead atoms. The third-order valence-electron chi connectivity index (χ3n) is 4.68. The average molecular weight is 563 g/mol. The van der Waals surface area contributed by atoms with Crippen molar-refractivity contribution < 1.29 is 23.5 Å². The van der Waals surface area contributed by atoms with Gasteiger partial charge in [-0.2, -0.15) is 5.10 Å². The molecular formula is C25H22BrClFN3O4. The highest BCUT2D eigenvalue weighted by Gasteiger charge is 2.12. The Morgan fingerprint density at radius 3 is 2.51 bits per heavy atom. The summed E-state index contributed by atoms with van der Waals surface area (Å²) in [6.45, 7) is 0.320. The van der Waals surface area contributed by atoms with E-state index in [2.05, 4.69) is 31.8 Å². The molecule has 0 aliphatic heterocycles. The van der Waals surface area contributed by atoms with Gasteiger partial charge in [0.05, 0.1) is 23.5 Å². The summed E-state index contributed by atoms with van der Waals surface area (Å²) in [6, 6.07) is 16.6. The van der Waals surface area contributed by atoms with Crippen molar-refractivity contribution in [1.29, 1.82) is 0 Å². The molecule has 0 aliphatic rings. The summed E-state index contributed by atoms with van der Waals surface area (Å²) < 4.78 is 25.5. The zero-order valence-electron chi connectivity index (χ0n) is 18.7. The number of hydrogen-bond donors (Lipinski definition) is 2. The van der Waals surface area contributed by atoms with Gasteiger partial charge in [0.25, 0.3) is 0 Å².